The molecule has 3 amide bonds. The van der Waals surface area contributed by atoms with E-state index in [1.54, 1.807) is 23.1 Å². The van der Waals surface area contributed by atoms with E-state index < -0.39 is 5.92 Å². The molecular weight excluding hydrogens is 338 g/mol. The minimum atomic E-state index is -0.484. The van der Waals surface area contributed by atoms with E-state index in [4.69, 9.17) is 9.47 Å². The Hall–Kier alpha value is -2.77. The lowest BCUT2D eigenvalue weighted by Crippen LogP contribution is -2.42. The molecule has 3 rings (SSSR count). The Bertz CT molecular complexity index is 719. The average Bonchev–Trinajstić information content (AvgIpc) is 3.00. The summed E-state index contributed by atoms with van der Waals surface area (Å²) in [4.78, 5) is 37.8. The summed E-state index contributed by atoms with van der Waals surface area (Å²) in [5.74, 6) is 0.0894. The zero-order valence-electron chi connectivity index (χ0n) is 14.9. The minimum Gasteiger partial charge on any atom is -0.486 e. The Morgan fingerprint density at radius 2 is 1.96 bits per heavy atom. The third kappa shape index (κ3) is 4.07. The van der Waals surface area contributed by atoms with Crippen molar-refractivity contribution in [3.63, 3.8) is 0 Å². The van der Waals surface area contributed by atoms with Gasteiger partial charge in [-0.15, -0.1) is 0 Å². The number of nitrogens with one attached hydrogen (secondary N) is 2. The van der Waals surface area contributed by atoms with E-state index in [1.807, 2.05) is 13.8 Å². The van der Waals surface area contributed by atoms with Crippen LogP contribution in [-0.2, 0) is 14.4 Å². The number of ether oxygens (including phenoxy) is 2. The maximum atomic E-state index is 12.3. The number of carbonyl (C=O) groups excluding carboxylic acids is 3. The van der Waals surface area contributed by atoms with Crippen LogP contribution in [0.3, 0.4) is 0 Å². The van der Waals surface area contributed by atoms with Crippen LogP contribution >= 0.6 is 0 Å². The van der Waals surface area contributed by atoms with Crippen molar-refractivity contribution in [2.75, 3.05) is 31.2 Å². The molecule has 8 nitrogen and oxygen atoms in total. The molecule has 0 radical (unpaired) electrons. The maximum Gasteiger partial charge on any atom is 0.239 e. The van der Waals surface area contributed by atoms with Crippen LogP contribution in [0.4, 0.5) is 5.69 Å². The van der Waals surface area contributed by atoms with Crippen LogP contribution in [0.1, 0.15) is 20.3 Å². The van der Waals surface area contributed by atoms with Crippen LogP contribution in [-0.4, -0.2) is 50.1 Å². The first-order valence-electron chi connectivity index (χ1n) is 8.71. The van der Waals surface area contributed by atoms with E-state index in [9.17, 15) is 14.4 Å². The van der Waals surface area contributed by atoms with Crippen molar-refractivity contribution in [2.24, 2.45) is 5.92 Å². The number of fused-ring (bicyclic) bond motifs is 1. The maximum absolute atomic E-state index is 12.3. The topological polar surface area (TPSA) is 97.0 Å². The van der Waals surface area contributed by atoms with Gasteiger partial charge in [-0.2, -0.15) is 0 Å². The number of hydrogen-bond donors (Lipinski definition) is 2. The molecule has 2 aliphatic heterocycles. The van der Waals surface area contributed by atoms with E-state index in [2.05, 4.69) is 10.6 Å². The second-order valence-corrected chi connectivity index (χ2v) is 6.67. The predicted molar refractivity (Wildman–Crippen MR) is 94.2 cm³/mol. The van der Waals surface area contributed by atoms with Crippen LogP contribution < -0.4 is 25.0 Å². The SMILES string of the molecule is CC(C)NC(=O)CNC(=O)[C@@H]1CC(=O)N(c2ccc3c(c2)OCCO3)C1. The molecule has 0 aromatic heterocycles. The van der Waals surface area contributed by atoms with Crippen molar-refractivity contribution in [1.82, 2.24) is 10.6 Å². The fourth-order valence-corrected chi connectivity index (χ4v) is 3.02. The quantitative estimate of drug-likeness (QED) is 0.794. The fraction of sp³-hybridized carbons (Fsp3) is 0.500. The molecule has 0 aliphatic carbocycles. The van der Waals surface area contributed by atoms with Crippen molar-refractivity contribution < 1.29 is 23.9 Å². The van der Waals surface area contributed by atoms with E-state index in [0.717, 1.165) is 0 Å². The Morgan fingerprint density at radius 1 is 1.23 bits per heavy atom. The molecule has 1 aromatic carbocycles. The van der Waals surface area contributed by atoms with Crippen LogP contribution in [0, 0.1) is 5.92 Å². The molecule has 0 bridgehead atoms. The van der Waals surface area contributed by atoms with E-state index >= 15 is 0 Å². The molecule has 1 saturated heterocycles. The number of anilines is 1. The molecule has 0 saturated carbocycles. The third-order valence-corrected chi connectivity index (χ3v) is 4.21. The van der Waals surface area contributed by atoms with Crippen molar-refractivity contribution in [3.8, 4) is 11.5 Å². The molecule has 26 heavy (non-hydrogen) atoms. The zero-order valence-corrected chi connectivity index (χ0v) is 14.9. The smallest absolute Gasteiger partial charge is 0.239 e. The number of amides is 3. The van der Waals surface area contributed by atoms with Gasteiger partial charge in [-0.25, -0.2) is 0 Å². The van der Waals surface area contributed by atoms with Gasteiger partial charge in [0.1, 0.15) is 13.2 Å². The molecule has 1 aromatic rings. The monoisotopic (exact) mass is 361 g/mol. The zero-order chi connectivity index (χ0) is 18.7. The van der Waals surface area contributed by atoms with Gasteiger partial charge in [0.25, 0.3) is 0 Å². The number of nitrogens with zero attached hydrogens (tertiary/aromatic N) is 1. The summed E-state index contributed by atoms with van der Waals surface area (Å²) in [5, 5.41) is 5.30. The summed E-state index contributed by atoms with van der Waals surface area (Å²) in [7, 11) is 0. The predicted octanol–water partition coefficient (Wildman–Crippen LogP) is 0.452. The molecule has 2 N–H and O–H groups in total. The molecule has 0 unspecified atom stereocenters. The molecule has 2 aliphatic rings. The first kappa shape index (κ1) is 18.0. The average molecular weight is 361 g/mol. The molecule has 2 heterocycles. The van der Waals surface area contributed by atoms with Crippen LogP contribution in [0.2, 0.25) is 0 Å². The van der Waals surface area contributed by atoms with Crippen molar-refractivity contribution in [3.05, 3.63) is 18.2 Å². The molecule has 1 atom stereocenters. The largest absolute Gasteiger partial charge is 0.486 e. The first-order valence-corrected chi connectivity index (χ1v) is 8.71. The number of carbonyl (C=O) groups is 3. The van der Waals surface area contributed by atoms with E-state index in [-0.39, 0.29) is 43.3 Å². The fourth-order valence-electron chi connectivity index (χ4n) is 3.02. The van der Waals surface area contributed by atoms with E-state index in [0.29, 0.717) is 30.4 Å². The van der Waals surface area contributed by atoms with Gasteiger partial charge in [-0.1, -0.05) is 0 Å². The lowest BCUT2D eigenvalue weighted by atomic mass is 10.1. The van der Waals surface area contributed by atoms with Gasteiger partial charge in [0, 0.05) is 30.8 Å². The molecule has 140 valence electrons. The number of benzene rings is 1. The summed E-state index contributed by atoms with van der Waals surface area (Å²) >= 11 is 0. The van der Waals surface area contributed by atoms with Gasteiger partial charge >= 0.3 is 0 Å². The Labute approximate surface area is 151 Å². The normalized spacial score (nSPS) is 18.8. The van der Waals surface area contributed by atoms with Crippen LogP contribution in [0.5, 0.6) is 11.5 Å². The van der Waals surface area contributed by atoms with Gasteiger partial charge in [-0.05, 0) is 26.0 Å². The third-order valence-electron chi connectivity index (χ3n) is 4.21. The summed E-state index contributed by atoms with van der Waals surface area (Å²) in [5.41, 5.74) is 0.673. The van der Waals surface area contributed by atoms with Crippen molar-refractivity contribution >= 4 is 23.4 Å². The lowest BCUT2D eigenvalue weighted by Gasteiger charge is -2.22. The highest BCUT2D eigenvalue weighted by molar-refractivity contribution is 6.01. The molecular formula is C18H23N3O5. The van der Waals surface area contributed by atoms with Gasteiger partial charge < -0.3 is 25.0 Å². The highest BCUT2D eigenvalue weighted by atomic mass is 16.6. The number of rotatable bonds is 5. The van der Waals surface area contributed by atoms with Crippen LogP contribution in [0.15, 0.2) is 18.2 Å². The van der Waals surface area contributed by atoms with Gasteiger partial charge in [-0.3, -0.25) is 14.4 Å². The lowest BCUT2D eigenvalue weighted by molar-refractivity contribution is -0.129. The molecule has 0 spiro atoms. The van der Waals surface area contributed by atoms with Crippen molar-refractivity contribution in [2.45, 2.75) is 26.3 Å². The summed E-state index contributed by atoms with van der Waals surface area (Å²) in [6.07, 6.45) is 0.117. The second-order valence-electron chi connectivity index (χ2n) is 6.67. The highest BCUT2D eigenvalue weighted by Gasteiger charge is 2.35. The molecule has 8 heteroatoms. The summed E-state index contributed by atoms with van der Waals surface area (Å²) < 4.78 is 11.0. The first-order chi connectivity index (χ1) is 12.4. The molecule has 1 fully saturated rings. The Kier molecular flexibility index (Phi) is 5.29. The van der Waals surface area contributed by atoms with E-state index in [1.165, 1.54) is 0 Å². The van der Waals surface area contributed by atoms with Gasteiger partial charge in [0.05, 0.1) is 12.5 Å². The standard InChI is InChI=1S/C18H23N3O5/c1-11(2)20-16(22)9-19-18(24)12-7-17(23)21(10-12)13-3-4-14-15(8-13)26-6-5-25-14/h3-4,8,11-12H,5-7,9-10H2,1-2H3,(H,19,24)(H,20,22)/t12-/m1/s1. The van der Waals surface area contributed by atoms with Gasteiger partial charge in [0.15, 0.2) is 11.5 Å². The summed E-state index contributed by atoms with van der Waals surface area (Å²) in [6, 6.07) is 5.31. The summed E-state index contributed by atoms with van der Waals surface area (Å²) in [6.45, 7) is 4.85. The van der Waals surface area contributed by atoms with Crippen molar-refractivity contribution in [1.29, 1.82) is 0 Å². The second kappa shape index (κ2) is 7.63. The Balaban J connectivity index is 1.60. The highest BCUT2D eigenvalue weighted by Crippen LogP contribution is 2.35. The van der Waals surface area contributed by atoms with Crippen LogP contribution in [0.25, 0.3) is 0 Å². The minimum absolute atomic E-state index is 0.0122. The van der Waals surface area contributed by atoms with Gasteiger partial charge in [0.2, 0.25) is 17.7 Å². The number of hydrogen-bond acceptors (Lipinski definition) is 5. The Morgan fingerprint density at radius 3 is 2.69 bits per heavy atom.